The maximum Gasteiger partial charge on any atom is 0.220 e. The maximum atomic E-state index is 11.1. The number of aliphatic hydroxyl groups is 3. The topological polar surface area (TPSA) is 99.0 Å². The van der Waals surface area contributed by atoms with Crippen molar-refractivity contribution in [1.82, 2.24) is 5.32 Å². The highest BCUT2D eigenvalue weighted by Gasteiger charge is 2.38. The Morgan fingerprint density at radius 1 is 1.47 bits per heavy atom. The second-order valence-electron chi connectivity index (χ2n) is 3.42. The van der Waals surface area contributed by atoms with Crippen LogP contribution in [0.4, 0.5) is 0 Å². The lowest BCUT2D eigenvalue weighted by Gasteiger charge is -2.36. The third kappa shape index (κ3) is 2.88. The van der Waals surface area contributed by atoms with Crippen molar-refractivity contribution in [3.05, 3.63) is 6.61 Å². The Balaban J connectivity index is 2.52. The second-order valence-corrected chi connectivity index (χ2v) is 3.42. The van der Waals surface area contributed by atoms with Gasteiger partial charge in [0.2, 0.25) is 5.91 Å². The fourth-order valence-corrected chi connectivity index (χ4v) is 1.34. The Bertz CT molecular complexity index is 223. The van der Waals surface area contributed by atoms with Gasteiger partial charge >= 0.3 is 0 Å². The SMILES string of the molecule is CCC(=O)N[C@H]1[CH]O[C@H](CO)[C@@H](O)[C@@H]1O. The average Bonchev–Trinajstić information content (AvgIpc) is 2.25. The van der Waals surface area contributed by atoms with Gasteiger partial charge in [0, 0.05) is 6.42 Å². The number of hydrogen-bond donors (Lipinski definition) is 4. The van der Waals surface area contributed by atoms with E-state index in [1.807, 2.05) is 0 Å². The molecule has 1 amide bonds. The summed E-state index contributed by atoms with van der Waals surface area (Å²) < 4.78 is 4.97. The molecule has 0 spiro atoms. The maximum absolute atomic E-state index is 11.1. The van der Waals surface area contributed by atoms with Crippen LogP contribution in [-0.4, -0.2) is 52.2 Å². The first-order chi connectivity index (χ1) is 7.10. The Kier molecular flexibility index (Phi) is 4.46. The Hall–Kier alpha value is -0.690. The molecule has 0 unspecified atom stereocenters. The molecule has 1 heterocycles. The average molecular weight is 218 g/mol. The zero-order valence-electron chi connectivity index (χ0n) is 8.46. The molecule has 1 aliphatic heterocycles. The van der Waals surface area contributed by atoms with Gasteiger partial charge in [-0.15, -0.1) is 0 Å². The summed E-state index contributed by atoms with van der Waals surface area (Å²) >= 11 is 0. The molecule has 0 bridgehead atoms. The van der Waals surface area contributed by atoms with E-state index in [-0.39, 0.29) is 18.9 Å². The van der Waals surface area contributed by atoms with E-state index in [4.69, 9.17) is 9.84 Å². The highest BCUT2D eigenvalue weighted by atomic mass is 16.5. The van der Waals surface area contributed by atoms with E-state index in [1.54, 1.807) is 6.92 Å². The molecule has 0 saturated carbocycles. The molecule has 87 valence electrons. The Labute approximate surface area is 87.9 Å². The van der Waals surface area contributed by atoms with Crippen molar-refractivity contribution in [2.24, 2.45) is 0 Å². The van der Waals surface area contributed by atoms with Gasteiger partial charge in [-0.25, -0.2) is 0 Å². The minimum Gasteiger partial charge on any atom is -0.394 e. The normalized spacial score (nSPS) is 36.3. The van der Waals surface area contributed by atoms with Gasteiger partial charge in [0.05, 0.1) is 12.6 Å². The first-order valence-corrected chi connectivity index (χ1v) is 4.85. The predicted molar refractivity (Wildman–Crippen MR) is 50.5 cm³/mol. The summed E-state index contributed by atoms with van der Waals surface area (Å²) in [4.78, 5) is 11.1. The van der Waals surface area contributed by atoms with Crippen LogP contribution in [0.2, 0.25) is 0 Å². The smallest absolute Gasteiger partial charge is 0.220 e. The summed E-state index contributed by atoms with van der Waals surface area (Å²) in [5.74, 6) is -0.242. The number of ether oxygens (including phenoxy) is 1. The van der Waals surface area contributed by atoms with Crippen LogP contribution in [0.3, 0.4) is 0 Å². The summed E-state index contributed by atoms with van der Waals surface area (Å²) in [6.07, 6.45) is -2.92. The van der Waals surface area contributed by atoms with E-state index >= 15 is 0 Å². The molecule has 1 rings (SSSR count). The summed E-state index contributed by atoms with van der Waals surface area (Å²) in [5.41, 5.74) is 0. The number of amides is 1. The number of carbonyl (C=O) groups is 1. The van der Waals surface area contributed by atoms with E-state index < -0.39 is 24.4 Å². The fraction of sp³-hybridized carbons (Fsp3) is 0.778. The monoisotopic (exact) mass is 218 g/mol. The lowest BCUT2D eigenvalue weighted by Crippen LogP contribution is -2.57. The van der Waals surface area contributed by atoms with E-state index in [1.165, 1.54) is 6.61 Å². The van der Waals surface area contributed by atoms with Gasteiger partial charge in [-0.05, 0) is 0 Å². The number of aliphatic hydroxyl groups excluding tert-OH is 3. The minimum absolute atomic E-state index is 0.242. The molecule has 1 radical (unpaired) electrons. The zero-order chi connectivity index (χ0) is 11.4. The highest BCUT2D eigenvalue weighted by Crippen LogP contribution is 2.18. The summed E-state index contributed by atoms with van der Waals surface area (Å²) in [6, 6.07) is -0.741. The number of carbonyl (C=O) groups excluding carboxylic acids is 1. The second kappa shape index (κ2) is 5.41. The largest absolute Gasteiger partial charge is 0.394 e. The summed E-state index contributed by atoms with van der Waals surface area (Å²) in [5, 5.41) is 30.4. The molecule has 1 saturated heterocycles. The van der Waals surface area contributed by atoms with Gasteiger partial charge in [0.25, 0.3) is 0 Å². The molecule has 0 aromatic heterocycles. The van der Waals surface area contributed by atoms with E-state index in [0.717, 1.165) is 0 Å². The van der Waals surface area contributed by atoms with Crippen molar-refractivity contribution < 1.29 is 24.9 Å². The molecule has 0 aromatic carbocycles. The van der Waals surface area contributed by atoms with Crippen LogP contribution in [0.5, 0.6) is 0 Å². The molecular formula is C9H16NO5. The zero-order valence-corrected chi connectivity index (χ0v) is 8.46. The molecule has 6 heteroatoms. The van der Waals surface area contributed by atoms with Crippen LogP contribution in [0.1, 0.15) is 13.3 Å². The van der Waals surface area contributed by atoms with Gasteiger partial charge in [-0.2, -0.15) is 0 Å². The highest BCUT2D eigenvalue weighted by molar-refractivity contribution is 5.76. The van der Waals surface area contributed by atoms with Gasteiger partial charge in [0.1, 0.15) is 24.9 Å². The van der Waals surface area contributed by atoms with E-state index in [2.05, 4.69) is 5.32 Å². The molecule has 1 aliphatic rings. The van der Waals surface area contributed by atoms with Gasteiger partial charge < -0.3 is 25.4 Å². The molecular weight excluding hydrogens is 202 g/mol. The standard InChI is InChI=1S/C9H16NO5/c1-2-7(12)10-5-4-15-6(3-11)9(14)8(5)13/h4-6,8-9,11,13-14H,2-3H2,1H3,(H,10,12)/t5-,6+,8+,9+/m0/s1. The molecule has 15 heavy (non-hydrogen) atoms. The van der Waals surface area contributed by atoms with Crippen molar-refractivity contribution in [2.75, 3.05) is 6.61 Å². The Morgan fingerprint density at radius 2 is 2.13 bits per heavy atom. The van der Waals surface area contributed by atoms with Crippen LogP contribution < -0.4 is 5.32 Å². The predicted octanol–water partition coefficient (Wildman–Crippen LogP) is -1.84. The van der Waals surface area contributed by atoms with Crippen molar-refractivity contribution in [1.29, 1.82) is 0 Å². The first kappa shape index (κ1) is 12.4. The van der Waals surface area contributed by atoms with Gasteiger partial charge in [-0.1, -0.05) is 6.92 Å². The van der Waals surface area contributed by atoms with Gasteiger partial charge in [-0.3, -0.25) is 4.79 Å². The molecule has 4 N–H and O–H groups in total. The lowest BCUT2D eigenvalue weighted by atomic mass is 9.98. The van der Waals surface area contributed by atoms with Crippen molar-refractivity contribution >= 4 is 5.91 Å². The van der Waals surface area contributed by atoms with E-state index in [9.17, 15) is 15.0 Å². The molecule has 1 fully saturated rings. The first-order valence-electron chi connectivity index (χ1n) is 4.85. The van der Waals surface area contributed by atoms with Crippen molar-refractivity contribution in [3.63, 3.8) is 0 Å². The van der Waals surface area contributed by atoms with Crippen LogP contribution in [0.15, 0.2) is 0 Å². The number of nitrogens with one attached hydrogen (secondary N) is 1. The van der Waals surface area contributed by atoms with Crippen LogP contribution in [-0.2, 0) is 9.53 Å². The lowest BCUT2D eigenvalue weighted by molar-refractivity contribution is -0.144. The quantitative estimate of drug-likeness (QED) is 0.446. The summed E-state index contributed by atoms with van der Waals surface area (Å²) in [6.45, 7) is 2.52. The molecule has 0 aliphatic carbocycles. The molecule has 0 aromatic rings. The van der Waals surface area contributed by atoms with Crippen LogP contribution in [0.25, 0.3) is 0 Å². The molecule has 4 atom stereocenters. The van der Waals surface area contributed by atoms with Crippen LogP contribution >= 0.6 is 0 Å². The molecule has 6 nitrogen and oxygen atoms in total. The van der Waals surface area contributed by atoms with Crippen LogP contribution in [0, 0.1) is 6.61 Å². The number of hydrogen-bond acceptors (Lipinski definition) is 5. The Morgan fingerprint density at radius 3 is 2.67 bits per heavy atom. The summed E-state index contributed by atoms with van der Waals surface area (Å²) in [7, 11) is 0. The van der Waals surface area contributed by atoms with Gasteiger partial charge in [0.15, 0.2) is 0 Å². The van der Waals surface area contributed by atoms with Crippen molar-refractivity contribution in [3.8, 4) is 0 Å². The van der Waals surface area contributed by atoms with Crippen molar-refractivity contribution in [2.45, 2.75) is 37.7 Å². The fourth-order valence-electron chi connectivity index (χ4n) is 1.34. The number of rotatable bonds is 3. The third-order valence-corrected chi connectivity index (χ3v) is 2.33. The minimum atomic E-state index is -1.21. The van der Waals surface area contributed by atoms with E-state index in [0.29, 0.717) is 0 Å². The third-order valence-electron chi connectivity index (χ3n) is 2.33.